The summed E-state index contributed by atoms with van der Waals surface area (Å²) in [6, 6.07) is 12.9. The maximum absolute atomic E-state index is 12.2. The SMILES string of the molecule is CCCCNC(=O)c1cc2ccc(OC(=O)COc3ccccc3OC)cc2oc1=O. The van der Waals surface area contributed by atoms with Gasteiger partial charge in [-0.3, -0.25) is 4.79 Å². The zero-order chi connectivity index (χ0) is 22.2. The summed E-state index contributed by atoms with van der Waals surface area (Å²) in [5, 5.41) is 3.22. The zero-order valence-electron chi connectivity index (χ0n) is 17.3. The quantitative estimate of drug-likeness (QED) is 0.243. The molecular formula is C23H23NO7. The van der Waals surface area contributed by atoms with Crippen LogP contribution in [0.15, 0.2) is 57.7 Å². The first-order valence-corrected chi connectivity index (χ1v) is 9.84. The van der Waals surface area contributed by atoms with Gasteiger partial charge >= 0.3 is 11.6 Å². The third-order valence-corrected chi connectivity index (χ3v) is 4.41. The van der Waals surface area contributed by atoms with Crippen molar-refractivity contribution in [3.8, 4) is 17.2 Å². The van der Waals surface area contributed by atoms with Gasteiger partial charge in [0.05, 0.1) is 7.11 Å². The molecule has 0 radical (unpaired) electrons. The third kappa shape index (κ3) is 5.63. The van der Waals surface area contributed by atoms with Gasteiger partial charge in [-0.25, -0.2) is 9.59 Å². The second-order valence-electron chi connectivity index (χ2n) is 6.67. The number of hydrogen-bond acceptors (Lipinski definition) is 7. The van der Waals surface area contributed by atoms with E-state index in [9.17, 15) is 14.4 Å². The van der Waals surface area contributed by atoms with E-state index >= 15 is 0 Å². The van der Waals surface area contributed by atoms with Crippen molar-refractivity contribution >= 4 is 22.8 Å². The molecule has 8 heteroatoms. The number of hydrogen-bond donors (Lipinski definition) is 1. The van der Waals surface area contributed by atoms with Crippen LogP contribution in [0.3, 0.4) is 0 Å². The maximum atomic E-state index is 12.2. The molecule has 1 amide bonds. The van der Waals surface area contributed by atoms with Crippen LogP contribution in [0.1, 0.15) is 30.1 Å². The summed E-state index contributed by atoms with van der Waals surface area (Å²) in [6.07, 6.45) is 1.75. The zero-order valence-corrected chi connectivity index (χ0v) is 17.3. The van der Waals surface area contributed by atoms with Crippen LogP contribution in [0.2, 0.25) is 0 Å². The van der Waals surface area contributed by atoms with Crippen molar-refractivity contribution in [1.82, 2.24) is 5.32 Å². The largest absolute Gasteiger partial charge is 0.493 e. The highest BCUT2D eigenvalue weighted by molar-refractivity contribution is 5.96. The Labute approximate surface area is 178 Å². The fraction of sp³-hybridized carbons (Fsp3) is 0.261. The molecule has 3 aromatic rings. The van der Waals surface area contributed by atoms with Gasteiger partial charge in [-0.1, -0.05) is 25.5 Å². The van der Waals surface area contributed by atoms with Gasteiger partial charge in [0.25, 0.3) is 5.91 Å². The lowest BCUT2D eigenvalue weighted by Gasteiger charge is -2.10. The highest BCUT2D eigenvalue weighted by Crippen LogP contribution is 2.26. The van der Waals surface area contributed by atoms with Gasteiger partial charge in [0.1, 0.15) is 16.9 Å². The second-order valence-corrected chi connectivity index (χ2v) is 6.67. The predicted molar refractivity (Wildman–Crippen MR) is 114 cm³/mol. The van der Waals surface area contributed by atoms with Crippen molar-refractivity contribution in [3.63, 3.8) is 0 Å². The molecule has 0 saturated carbocycles. The standard InChI is InChI=1S/C23H23NO7/c1-3-4-11-24-22(26)17-12-15-9-10-16(13-20(15)31-23(17)27)30-21(25)14-29-19-8-6-5-7-18(19)28-2/h5-10,12-13H,3-4,11,14H2,1-2H3,(H,24,26). The minimum atomic E-state index is -0.760. The highest BCUT2D eigenvalue weighted by Gasteiger charge is 2.15. The van der Waals surface area contributed by atoms with Crippen molar-refractivity contribution in [3.05, 3.63) is 64.5 Å². The molecule has 0 aliphatic carbocycles. The van der Waals surface area contributed by atoms with Crippen LogP contribution in [-0.2, 0) is 4.79 Å². The fourth-order valence-electron chi connectivity index (χ4n) is 2.82. The summed E-state index contributed by atoms with van der Waals surface area (Å²) in [6.45, 7) is 2.16. The van der Waals surface area contributed by atoms with Gasteiger partial charge in [-0.15, -0.1) is 0 Å². The topological polar surface area (TPSA) is 104 Å². The summed E-state index contributed by atoms with van der Waals surface area (Å²) in [7, 11) is 1.50. The van der Waals surface area contributed by atoms with Crippen molar-refractivity contribution in [2.24, 2.45) is 0 Å². The Morgan fingerprint density at radius 2 is 1.84 bits per heavy atom. The number of carbonyl (C=O) groups is 2. The maximum Gasteiger partial charge on any atom is 0.349 e. The molecular weight excluding hydrogens is 402 g/mol. The molecule has 0 spiro atoms. The lowest BCUT2D eigenvalue weighted by molar-refractivity contribution is -0.136. The summed E-state index contributed by atoms with van der Waals surface area (Å²) >= 11 is 0. The number of unbranched alkanes of at least 4 members (excludes halogenated alkanes) is 1. The van der Waals surface area contributed by atoms with Gasteiger partial charge in [0, 0.05) is 18.0 Å². The Hall–Kier alpha value is -3.81. The molecule has 0 fully saturated rings. The Morgan fingerprint density at radius 1 is 1.06 bits per heavy atom. The molecule has 0 aliphatic rings. The number of carbonyl (C=O) groups excluding carboxylic acids is 2. The first kappa shape index (κ1) is 21.9. The Balaban J connectivity index is 1.68. The Morgan fingerprint density at radius 3 is 2.58 bits per heavy atom. The third-order valence-electron chi connectivity index (χ3n) is 4.41. The van der Waals surface area contributed by atoms with Gasteiger partial charge in [-0.05, 0) is 36.8 Å². The molecule has 1 heterocycles. The van der Waals surface area contributed by atoms with Crippen molar-refractivity contribution in [1.29, 1.82) is 0 Å². The highest BCUT2D eigenvalue weighted by atomic mass is 16.6. The molecule has 0 bridgehead atoms. The Bertz CT molecular complexity index is 1140. The number of fused-ring (bicyclic) bond motifs is 1. The van der Waals surface area contributed by atoms with E-state index in [4.69, 9.17) is 18.6 Å². The van der Waals surface area contributed by atoms with Gasteiger partial charge in [0.15, 0.2) is 18.1 Å². The molecule has 1 N–H and O–H groups in total. The van der Waals surface area contributed by atoms with Crippen molar-refractivity contribution in [2.75, 3.05) is 20.3 Å². The molecule has 2 aromatic carbocycles. The van der Waals surface area contributed by atoms with E-state index in [1.54, 1.807) is 36.4 Å². The van der Waals surface area contributed by atoms with Gasteiger partial charge in [-0.2, -0.15) is 0 Å². The van der Waals surface area contributed by atoms with Gasteiger partial charge < -0.3 is 23.9 Å². The van der Waals surface area contributed by atoms with Crippen LogP contribution < -0.4 is 25.2 Å². The van der Waals surface area contributed by atoms with E-state index in [1.165, 1.54) is 19.2 Å². The number of rotatable bonds is 9. The summed E-state index contributed by atoms with van der Waals surface area (Å²) in [5.41, 5.74) is -0.630. The normalized spacial score (nSPS) is 10.5. The molecule has 1 aromatic heterocycles. The van der Waals surface area contributed by atoms with E-state index in [1.807, 2.05) is 6.92 Å². The monoisotopic (exact) mass is 425 g/mol. The first-order valence-electron chi connectivity index (χ1n) is 9.84. The minimum Gasteiger partial charge on any atom is -0.493 e. The second kappa shape index (κ2) is 10.3. The molecule has 0 atom stereocenters. The number of benzene rings is 2. The van der Waals surface area contributed by atoms with Crippen molar-refractivity contribution < 1.29 is 28.2 Å². The van der Waals surface area contributed by atoms with Crippen LogP contribution in [0, 0.1) is 0 Å². The van der Waals surface area contributed by atoms with E-state index in [0.717, 1.165) is 12.8 Å². The Kier molecular flexibility index (Phi) is 7.26. The number of esters is 1. The van der Waals surface area contributed by atoms with E-state index < -0.39 is 17.5 Å². The molecule has 8 nitrogen and oxygen atoms in total. The number of methoxy groups -OCH3 is 1. The number of nitrogens with one attached hydrogen (secondary N) is 1. The summed E-state index contributed by atoms with van der Waals surface area (Å²) in [5.74, 6) is -0.0226. The fourth-order valence-corrected chi connectivity index (χ4v) is 2.82. The first-order chi connectivity index (χ1) is 15.0. The molecule has 0 saturated heterocycles. The van der Waals surface area contributed by atoms with Crippen LogP contribution in [0.5, 0.6) is 17.2 Å². The van der Waals surface area contributed by atoms with Crippen LogP contribution in [0.4, 0.5) is 0 Å². The summed E-state index contributed by atoms with van der Waals surface area (Å²) < 4.78 is 21.1. The van der Waals surface area contributed by atoms with E-state index in [0.29, 0.717) is 23.4 Å². The molecule has 0 unspecified atom stereocenters. The molecule has 0 aliphatic heterocycles. The predicted octanol–water partition coefficient (Wildman–Crippen LogP) is 3.32. The smallest absolute Gasteiger partial charge is 0.349 e. The molecule has 3 rings (SSSR count). The lowest BCUT2D eigenvalue weighted by atomic mass is 10.1. The van der Waals surface area contributed by atoms with Crippen LogP contribution >= 0.6 is 0 Å². The van der Waals surface area contributed by atoms with E-state index in [-0.39, 0.29) is 23.5 Å². The number of para-hydroxylation sites is 2. The van der Waals surface area contributed by atoms with Gasteiger partial charge in [0.2, 0.25) is 0 Å². The average Bonchev–Trinajstić information content (AvgIpc) is 2.77. The average molecular weight is 425 g/mol. The minimum absolute atomic E-state index is 0.0708. The van der Waals surface area contributed by atoms with E-state index in [2.05, 4.69) is 5.32 Å². The van der Waals surface area contributed by atoms with Crippen LogP contribution in [0.25, 0.3) is 11.0 Å². The van der Waals surface area contributed by atoms with Crippen LogP contribution in [-0.4, -0.2) is 32.1 Å². The number of ether oxygens (including phenoxy) is 3. The van der Waals surface area contributed by atoms with Crippen molar-refractivity contribution in [2.45, 2.75) is 19.8 Å². The summed E-state index contributed by atoms with van der Waals surface area (Å²) in [4.78, 5) is 36.5. The molecule has 162 valence electrons. The molecule has 31 heavy (non-hydrogen) atoms. The number of amides is 1. The lowest BCUT2D eigenvalue weighted by Crippen LogP contribution is -2.28.